The Balaban J connectivity index is 3.31. The van der Waals surface area contributed by atoms with Crippen LogP contribution in [0.5, 0.6) is 5.75 Å². The van der Waals surface area contributed by atoms with E-state index >= 15 is 0 Å². The number of methoxy groups -OCH3 is 1. The van der Waals surface area contributed by atoms with Crippen molar-refractivity contribution in [2.45, 2.75) is 0 Å². The fourth-order valence-corrected chi connectivity index (χ4v) is 7.80. The van der Waals surface area contributed by atoms with Gasteiger partial charge < -0.3 is 4.74 Å². The Bertz CT molecular complexity index is 432. The topological polar surface area (TPSA) is 12.5 Å². The average Bonchev–Trinajstić information content (AvgIpc) is 2.39. The smallest absolute Gasteiger partial charge is 0.119 e. The fraction of sp³-hybridized carbons (Fsp3) is 0.333. The van der Waals surface area contributed by atoms with Gasteiger partial charge in [0, 0.05) is 0 Å². The highest BCUT2D eigenvalue weighted by Gasteiger charge is 2.28. The van der Waals surface area contributed by atoms with E-state index in [4.69, 9.17) is 4.74 Å². The van der Waals surface area contributed by atoms with Crippen LogP contribution in [0.4, 0.5) is 5.69 Å². The predicted octanol–water partition coefficient (Wildman–Crippen LogP) is 4.75. The molecule has 4 heteroatoms. The van der Waals surface area contributed by atoms with Crippen LogP contribution in [0.3, 0.4) is 0 Å². The van der Waals surface area contributed by atoms with Gasteiger partial charge in [-0.25, -0.2) is 0 Å². The van der Waals surface area contributed by atoms with E-state index < -0.39 is 20.4 Å². The molecule has 0 fully saturated rings. The summed E-state index contributed by atoms with van der Waals surface area (Å²) in [6.07, 6.45) is 9.01. The van der Waals surface area contributed by atoms with E-state index in [0.29, 0.717) is 0 Å². The van der Waals surface area contributed by atoms with E-state index in [1.807, 2.05) is 12.1 Å². The van der Waals surface area contributed by atoms with Crippen LogP contribution < -0.4 is 8.45 Å². The van der Waals surface area contributed by atoms with Crippen molar-refractivity contribution in [3.63, 3.8) is 0 Å². The lowest BCUT2D eigenvalue weighted by atomic mass is 10.3. The minimum Gasteiger partial charge on any atom is -0.497 e. The molecule has 0 N–H and O–H groups in total. The van der Waals surface area contributed by atoms with E-state index in [1.165, 1.54) is 5.69 Å². The fourth-order valence-electron chi connectivity index (χ4n) is 1.88. The maximum Gasteiger partial charge on any atom is 0.119 e. The molecule has 0 atom stereocenters. The minimum atomic E-state index is -1.08. The lowest BCUT2D eigenvalue weighted by Crippen LogP contribution is -2.26. The van der Waals surface area contributed by atoms with Crippen molar-refractivity contribution in [1.29, 1.82) is 0 Å². The summed E-state index contributed by atoms with van der Waals surface area (Å²) in [7, 11) is -0.476. The highest BCUT2D eigenvalue weighted by atomic mass is 32.3. The monoisotopic (exact) mass is 299 g/mol. The Morgan fingerprint density at radius 3 is 1.68 bits per heavy atom. The normalized spacial score (nSPS) is 13.5. The maximum absolute atomic E-state index is 5.23. The van der Waals surface area contributed by atoms with Gasteiger partial charge in [-0.1, -0.05) is 13.2 Å². The summed E-state index contributed by atoms with van der Waals surface area (Å²) in [5, 5.41) is 4.13. The molecule has 0 amide bonds. The molecular weight excluding hydrogens is 274 g/mol. The molecule has 0 bridgehead atoms. The molecule has 0 saturated heterocycles. The van der Waals surface area contributed by atoms with E-state index in [1.54, 1.807) is 7.11 Å². The van der Waals surface area contributed by atoms with Gasteiger partial charge in [0.05, 0.1) is 12.8 Å². The van der Waals surface area contributed by atoms with Crippen molar-refractivity contribution < 1.29 is 4.74 Å². The summed E-state index contributed by atoms with van der Waals surface area (Å²) in [6, 6.07) is 8.21. The SMILES string of the molecule is C=CS(C)(C)N(c1ccc(OC)cc1)S(C)(C)C=C. The van der Waals surface area contributed by atoms with Crippen molar-refractivity contribution in [2.75, 3.05) is 35.8 Å². The minimum absolute atomic E-state index is 0.876. The lowest BCUT2D eigenvalue weighted by molar-refractivity contribution is 0.415. The maximum atomic E-state index is 5.23. The van der Waals surface area contributed by atoms with Crippen LogP contribution in [0.2, 0.25) is 0 Å². The number of hydrogen-bond acceptors (Lipinski definition) is 2. The molecule has 0 saturated carbocycles. The predicted molar refractivity (Wildman–Crippen MR) is 94.7 cm³/mol. The highest BCUT2D eigenvalue weighted by Crippen LogP contribution is 2.63. The number of benzene rings is 1. The average molecular weight is 300 g/mol. The van der Waals surface area contributed by atoms with Gasteiger partial charge in [-0.15, -0.1) is 20.4 Å². The molecule has 0 spiro atoms. The molecular formula is C15H25NOS2. The summed E-state index contributed by atoms with van der Waals surface area (Å²) in [5.41, 5.74) is 1.20. The van der Waals surface area contributed by atoms with Crippen LogP contribution in [0.15, 0.2) is 48.2 Å². The van der Waals surface area contributed by atoms with Gasteiger partial charge in [0.15, 0.2) is 0 Å². The molecule has 108 valence electrons. The number of hydrogen-bond donors (Lipinski definition) is 0. The molecule has 0 heterocycles. The lowest BCUT2D eigenvalue weighted by Gasteiger charge is -2.53. The van der Waals surface area contributed by atoms with Gasteiger partial charge in [0.25, 0.3) is 0 Å². The molecule has 0 aliphatic carbocycles. The molecule has 2 nitrogen and oxygen atoms in total. The van der Waals surface area contributed by atoms with Crippen LogP contribution in [-0.4, -0.2) is 32.1 Å². The Labute approximate surface area is 121 Å². The van der Waals surface area contributed by atoms with Crippen molar-refractivity contribution >= 4 is 26.1 Å². The number of nitrogens with zero attached hydrogens (tertiary/aromatic N) is 1. The molecule has 0 radical (unpaired) electrons. The number of rotatable bonds is 6. The van der Waals surface area contributed by atoms with E-state index in [2.05, 4.69) is 64.8 Å². The van der Waals surface area contributed by atoms with Crippen molar-refractivity contribution in [2.24, 2.45) is 0 Å². The van der Waals surface area contributed by atoms with Gasteiger partial charge in [0.1, 0.15) is 5.75 Å². The van der Waals surface area contributed by atoms with Crippen LogP contribution in [0, 0.1) is 0 Å². The molecule has 0 aliphatic heterocycles. The van der Waals surface area contributed by atoms with Crippen LogP contribution >= 0.6 is 20.4 Å². The Kier molecular flexibility index (Phi) is 5.04. The van der Waals surface area contributed by atoms with Crippen LogP contribution in [0.25, 0.3) is 0 Å². The summed E-state index contributed by atoms with van der Waals surface area (Å²) in [5.74, 6) is 0.876. The molecule has 19 heavy (non-hydrogen) atoms. The quantitative estimate of drug-likeness (QED) is 0.752. The zero-order valence-electron chi connectivity index (χ0n) is 12.6. The third kappa shape index (κ3) is 3.51. The zero-order valence-corrected chi connectivity index (χ0v) is 14.2. The first-order valence-corrected chi connectivity index (χ1v) is 10.9. The number of anilines is 1. The molecule has 0 aliphatic rings. The standard InChI is InChI=1S/C15H25NOS2/c1-8-18(4,5)16(19(6,7)9-2)14-10-12-15(17-3)13-11-14/h8-13H,1-2H2,3-7H3. The van der Waals surface area contributed by atoms with Crippen molar-refractivity contribution in [3.05, 3.63) is 48.2 Å². The summed E-state index contributed by atoms with van der Waals surface area (Å²) in [4.78, 5) is 0. The van der Waals surface area contributed by atoms with Crippen molar-refractivity contribution in [1.82, 2.24) is 0 Å². The summed E-state index contributed by atoms with van der Waals surface area (Å²) < 4.78 is 7.70. The second-order valence-corrected chi connectivity index (χ2v) is 12.0. The van der Waals surface area contributed by atoms with E-state index in [0.717, 1.165) is 5.75 Å². The van der Waals surface area contributed by atoms with Gasteiger partial charge in [-0.3, -0.25) is 3.71 Å². The second kappa shape index (κ2) is 5.97. The molecule has 0 unspecified atom stereocenters. The number of ether oxygens (including phenoxy) is 1. The highest BCUT2D eigenvalue weighted by molar-refractivity contribution is 8.51. The Hall–Kier alpha value is -1.00. The molecule has 0 aromatic heterocycles. The first-order valence-electron chi connectivity index (χ1n) is 5.94. The van der Waals surface area contributed by atoms with Crippen molar-refractivity contribution in [3.8, 4) is 5.75 Å². The largest absolute Gasteiger partial charge is 0.497 e. The molecule has 1 aromatic rings. The van der Waals surface area contributed by atoms with E-state index in [9.17, 15) is 0 Å². The third-order valence-corrected chi connectivity index (χ3v) is 9.02. The molecule has 1 aromatic carbocycles. The van der Waals surface area contributed by atoms with Crippen LogP contribution in [-0.2, 0) is 0 Å². The first kappa shape index (κ1) is 16.1. The van der Waals surface area contributed by atoms with Gasteiger partial charge in [-0.05, 0) is 60.1 Å². The van der Waals surface area contributed by atoms with Gasteiger partial charge in [-0.2, -0.15) is 0 Å². The Morgan fingerprint density at radius 2 is 1.37 bits per heavy atom. The van der Waals surface area contributed by atoms with Gasteiger partial charge >= 0.3 is 0 Å². The zero-order chi connectivity index (χ0) is 14.7. The van der Waals surface area contributed by atoms with Gasteiger partial charge in [0.2, 0.25) is 0 Å². The van der Waals surface area contributed by atoms with E-state index in [-0.39, 0.29) is 0 Å². The second-order valence-electron chi connectivity index (χ2n) is 4.99. The summed E-state index contributed by atoms with van der Waals surface area (Å²) >= 11 is 0. The first-order chi connectivity index (χ1) is 8.78. The summed E-state index contributed by atoms with van der Waals surface area (Å²) in [6.45, 7) is 8.02. The third-order valence-electron chi connectivity index (χ3n) is 2.95. The molecule has 1 rings (SSSR count). The Morgan fingerprint density at radius 1 is 0.947 bits per heavy atom. The van der Waals surface area contributed by atoms with Crippen LogP contribution in [0.1, 0.15) is 0 Å².